The molecule has 0 aliphatic heterocycles. The van der Waals surface area contributed by atoms with Gasteiger partial charge in [-0.1, -0.05) is 54.6 Å². The van der Waals surface area contributed by atoms with Gasteiger partial charge >= 0.3 is 0 Å². The third-order valence-corrected chi connectivity index (χ3v) is 5.40. The fourth-order valence-corrected chi connectivity index (χ4v) is 3.94. The molecule has 0 N–H and O–H groups in total. The minimum atomic E-state index is 0.564. The molecule has 3 heterocycles. The summed E-state index contributed by atoms with van der Waals surface area (Å²) in [5.41, 5.74) is 3.80. The van der Waals surface area contributed by atoms with Crippen molar-refractivity contribution in [3.8, 4) is 22.9 Å². The van der Waals surface area contributed by atoms with Crippen molar-refractivity contribution in [1.82, 2.24) is 15.0 Å². The maximum Gasteiger partial charge on any atom is 0.219 e. The van der Waals surface area contributed by atoms with Gasteiger partial charge in [0.1, 0.15) is 5.75 Å². The average molecular weight is 399 g/mol. The van der Waals surface area contributed by atoms with E-state index in [-0.39, 0.29) is 0 Å². The Morgan fingerprint density at radius 1 is 0.581 bits per heavy atom. The van der Waals surface area contributed by atoms with E-state index in [1.165, 1.54) is 0 Å². The van der Waals surface area contributed by atoms with Gasteiger partial charge in [0, 0.05) is 40.2 Å². The zero-order valence-electron chi connectivity index (χ0n) is 16.6. The van der Waals surface area contributed by atoms with E-state index in [1.54, 1.807) is 6.20 Å². The zero-order valence-corrected chi connectivity index (χ0v) is 16.6. The van der Waals surface area contributed by atoms with Crippen LogP contribution in [-0.4, -0.2) is 15.0 Å². The highest BCUT2D eigenvalue weighted by Crippen LogP contribution is 2.32. The molecule has 0 bridgehead atoms. The first-order chi connectivity index (χ1) is 15.3. The summed E-state index contributed by atoms with van der Waals surface area (Å²) in [7, 11) is 0. The summed E-state index contributed by atoms with van der Waals surface area (Å²) < 4.78 is 5.91. The lowest BCUT2D eigenvalue weighted by Gasteiger charge is -2.10. The second-order valence-corrected chi connectivity index (χ2v) is 7.37. The maximum atomic E-state index is 5.91. The van der Waals surface area contributed by atoms with Gasteiger partial charge in [0.15, 0.2) is 0 Å². The van der Waals surface area contributed by atoms with Gasteiger partial charge in [-0.2, -0.15) is 0 Å². The van der Waals surface area contributed by atoms with Gasteiger partial charge in [-0.15, -0.1) is 0 Å². The highest BCUT2D eigenvalue weighted by molar-refractivity contribution is 6.17. The highest BCUT2D eigenvalue weighted by atomic mass is 16.5. The molecule has 31 heavy (non-hydrogen) atoms. The van der Waals surface area contributed by atoms with Crippen LogP contribution < -0.4 is 4.74 Å². The lowest BCUT2D eigenvalue weighted by atomic mass is 10.0. The van der Waals surface area contributed by atoms with Crippen LogP contribution in [0.15, 0.2) is 103 Å². The number of rotatable bonds is 3. The normalized spacial score (nSPS) is 11.2. The predicted molar refractivity (Wildman–Crippen MR) is 124 cm³/mol. The van der Waals surface area contributed by atoms with Crippen molar-refractivity contribution >= 4 is 32.6 Å². The van der Waals surface area contributed by atoms with Gasteiger partial charge in [-0.3, -0.25) is 4.98 Å². The molecule has 4 heteroatoms. The third kappa shape index (κ3) is 3.15. The van der Waals surface area contributed by atoms with E-state index >= 15 is 0 Å². The van der Waals surface area contributed by atoms with Crippen molar-refractivity contribution in [2.24, 2.45) is 0 Å². The van der Waals surface area contributed by atoms with Crippen molar-refractivity contribution in [2.45, 2.75) is 0 Å². The van der Waals surface area contributed by atoms with Crippen LogP contribution in [0, 0.1) is 0 Å². The summed E-state index contributed by atoms with van der Waals surface area (Å²) in [6.07, 6.45) is 3.55. The SMILES string of the molecule is c1ccc(Oc2cccc(-c3ccc4ccc5ccc6cccnc6c5c4n3)c2)nc1. The topological polar surface area (TPSA) is 47.9 Å². The van der Waals surface area contributed by atoms with Gasteiger partial charge in [0.05, 0.1) is 16.7 Å². The fourth-order valence-electron chi connectivity index (χ4n) is 3.94. The second kappa shape index (κ2) is 7.18. The molecule has 0 spiro atoms. The van der Waals surface area contributed by atoms with E-state index in [1.807, 2.05) is 60.8 Å². The average Bonchev–Trinajstić information content (AvgIpc) is 2.84. The fraction of sp³-hybridized carbons (Fsp3) is 0. The van der Waals surface area contributed by atoms with Crippen LogP contribution in [0.3, 0.4) is 0 Å². The van der Waals surface area contributed by atoms with E-state index < -0.39 is 0 Å². The molecule has 3 aromatic heterocycles. The van der Waals surface area contributed by atoms with Crippen molar-refractivity contribution in [1.29, 1.82) is 0 Å². The summed E-state index contributed by atoms with van der Waals surface area (Å²) in [5, 5.41) is 4.42. The Morgan fingerprint density at radius 3 is 2.26 bits per heavy atom. The van der Waals surface area contributed by atoms with Crippen LogP contribution in [-0.2, 0) is 0 Å². The molecule has 4 nitrogen and oxygen atoms in total. The Bertz CT molecular complexity index is 1560. The van der Waals surface area contributed by atoms with E-state index in [4.69, 9.17) is 9.72 Å². The molecular weight excluding hydrogens is 382 g/mol. The quantitative estimate of drug-likeness (QED) is 0.307. The smallest absolute Gasteiger partial charge is 0.219 e. The Balaban J connectivity index is 1.52. The monoisotopic (exact) mass is 399 g/mol. The minimum absolute atomic E-state index is 0.564. The summed E-state index contributed by atoms with van der Waals surface area (Å²) in [4.78, 5) is 14.0. The summed E-state index contributed by atoms with van der Waals surface area (Å²) >= 11 is 0. The molecule has 6 aromatic rings. The number of benzene rings is 3. The van der Waals surface area contributed by atoms with Crippen LogP contribution in [0.2, 0.25) is 0 Å². The number of hydrogen-bond donors (Lipinski definition) is 0. The number of pyridine rings is 3. The molecule has 0 amide bonds. The molecule has 0 aliphatic carbocycles. The molecule has 0 aliphatic rings. The molecule has 0 unspecified atom stereocenters. The van der Waals surface area contributed by atoms with Gasteiger partial charge in [0.25, 0.3) is 0 Å². The lowest BCUT2D eigenvalue weighted by Crippen LogP contribution is -1.90. The molecule has 0 saturated heterocycles. The molecule has 0 saturated carbocycles. The van der Waals surface area contributed by atoms with Crippen LogP contribution in [0.5, 0.6) is 11.6 Å². The van der Waals surface area contributed by atoms with Crippen LogP contribution >= 0.6 is 0 Å². The Hall–Kier alpha value is -4.31. The third-order valence-electron chi connectivity index (χ3n) is 5.40. The summed E-state index contributed by atoms with van der Waals surface area (Å²) in [5.74, 6) is 1.29. The predicted octanol–water partition coefficient (Wildman–Crippen LogP) is 6.79. The maximum absolute atomic E-state index is 5.91. The van der Waals surface area contributed by atoms with Crippen LogP contribution in [0.1, 0.15) is 0 Å². The van der Waals surface area contributed by atoms with Crippen molar-refractivity contribution < 1.29 is 4.74 Å². The molecule has 0 fully saturated rings. The minimum Gasteiger partial charge on any atom is -0.439 e. The van der Waals surface area contributed by atoms with E-state index in [0.717, 1.165) is 49.6 Å². The largest absolute Gasteiger partial charge is 0.439 e. The van der Waals surface area contributed by atoms with E-state index in [2.05, 4.69) is 46.4 Å². The summed E-state index contributed by atoms with van der Waals surface area (Å²) in [6, 6.07) is 30.2. The highest BCUT2D eigenvalue weighted by Gasteiger charge is 2.10. The molecule has 6 rings (SSSR count). The standard InChI is InChI=1S/C27H17N3O/c1-2-15-28-24(8-1)31-22-7-3-5-21(17-22)23-14-13-20-12-10-18-9-11-19-6-4-16-29-26(19)25(18)27(20)30-23/h1-17H. The van der Waals surface area contributed by atoms with Crippen LogP contribution in [0.4, 0.5) is 0 Å². The number of ether oxygens (including phenoxy) is 1. The van der Waals surface area contributed by atoms with Crippen molar-refractivity contribution in [2.75, 3.05) is 0 Å². The number of hydrogen-bond acceptors (Lipinski definition) is 4. The van der Waals surface area contributed by atoms with Gasteiger partial charge in [0.2, 0.25) is 5.88 Å². The van der Waals surface area contributed by atoms with Gasteiger partial charge in [-0.05, 0) is 35.7 Å². The summed E-state index contributed by atoms with van der Waals surface area (Å²) in [6.45, 7) is 0. The number of aromatic nitrogens is 3. The van der Waals surface area contributed by atoms with Gasteiger partial charge in [-0.25, -0.2) is 9.97 Å². The second-order valence-electron chi connectivity index (χ2n) is 7.37. The number of nitrogens with zero attached hydrogens (tertiary/aromatic N) is 3. The van der Waals surface area contributed by atoms with E-state index in [9.17, 15) is 0 Å². The Labute approximate surface area is 178 Å². The van der Waals surface area contributed by atoms with Crippen molar-refractivity contribution in [3.05, 3.63) is 103 Å². The Morgan fingerprint density at radius 2 is 1.39 bits per heavy atom. The van der Waals surface area contributed by atoms with Crippen molar-refractivity contribution in [3.63, 3.8) is 0 Å². The first kappa shape index (κ1) is 17.5. The molecule has 3 aromatic carbocycles. The van der Waals surface area contributed by atoms with E-state index in [0.29, 0.717) is 5.88 Å². The van der Waals surface area contributed by atoms with Crippen LogP contribution in [0.25, 0.3) is 43.8 Å². The van der Waals surface area contributed by atoms with Gasteiger partial charge < -0.3 is 4.74 Å². The Kier molecular flexibility index (Phi) is 4.06. The first-order valence-electron chi connectivity index (χ1n) is 10.1. The zero-order chi connectivity index (χ0) is 20.6. The molecule has 0 radical (unpaired) electrons. The molecular formula is C27H17N3O. The number of fused-ring (bicyclic) bond motifs is 5. The molecule has 0 atom stereocenters. The lowest BCUT2D eigenvalue weighted by molar-refractivity contribution is 0.463. The first-order valence-corrected chi connectivity index (χ1v) is 10.1. The molecule has 146 valence electrons.